The molecule has 0 aliphatic carbocycles. The van der Waals surface area contributed by atoms with E-state index in [1.165, 1.54) is 0 Å². The Kier molecular flexibility index (Phi) is 1.29. The maximum absolute atomic E-state index is 9.41. The minimum absolute atomic E-state index is 1.56. The standard InChI is InChI=1S/H2N2O4S/c1-7(5,6)2(3)4/h(H2,1,5,6). The molecule has 0 unspecified atom stereocenters. The lowest BCUT2D eigenvalue weighted by atomic mass is 13.4. The van der Waals surface area contributed by atoms with E-state index in [-0.39, 0.29) is 0 Å². The largest absolute Gasteiger partial charge is 0.492 e. The van der Waals surface area contributed by atoms with E-state index in [4.69, 9.17) is 10.1 Å². The average molecular weight is 126 g/mol. The second-order valence-electron chi connectivity index (χ2n) is 0.739. The predicted molar refractivity (Wildman–Crippen MR) is 20.1 cm³/mol. The number of nitro groups is 1. The third-order valence-corrected chi connectivity index (χ3v) is 0.623. The van der Waals surface area contributed by atoms with Crippen LogP contribution in [0.15, 0.2) is 0 Å². The van der Waals surface area contributed by atoms with E-state index in [0.717, 1.165) is 0 Å². The van der Waals surface area contributed by atoms with Gasteiger partial charge in [0.2, 0.25) is 0 Å². The summed E-state index contributed by atoms with van der Waals surface area (Å²) in [5.41, 5.74) is 0. The zero-order chi connectivity index (χ0) is 6.08. The van der Waals surface area contributed by atoms with Crippen LogP contribution in [0.1, 0.15) is 0 Å². The number of hydrogen-bond donors (Lipinski definition) is 1. The van der Waals surface area contributed by atoms with Crippen LogP contribution in [0.3, 0.4) is 0 Å². The average Bonchev–Trinajstić information content (AvgIpc) is 1.31. The van der Waals surface area contributed by atoms with Crippen LogP contribution in [0.25, 0.3) is 0 Å². The molecule has 0 heterocycles. The molecule has 2 N–H and O–H groups in total. The van der Waals surface area contributed by atoms with Crippen molar-refractivity contribution in [3.05, 3.63) is 10.1 Å². The van der Waals surface area contributed by atoms with E-state index in [9.17, 15) is 8.42 Å². The molecule has 0 aromatic carbocycles. The van der Waals surface area contributed by atoms with E-state index in [1.54, 1.807) is 0 Å². The Balaban J connectivity index is 4.43. The van der Waals surface area contributed by atoms with Gasteiger partial charge in [0.15, 0.2) is 4.33 Å². The van der Waals surface area contributed by atoms with Gasteiger partial charge in [-0.25, -0.2) is 10.1 Å². The van der Waals surface area contributed by atoms with Gasteiger partial charge in [0.25, 0.3) is 0 Å². The summed E-state index contributed by atoms with van der Waals surface area (Å²) in [4.78, 5) is 9.11. The zero-order valence-corrected chi connectivity index (χ0v) is 3.88. The van der Waals surface area contributed by atoms with Crippen molar-refractivity contribution < 1.29 is 12.7 Å². The summed E-state index contributed by atoms with van der Waals surface area (Å²) in [5, 5.41) is 13.1. The molecule has 0 saturated carbocycles. The Bertz CT molecular complexity index is 164. The molecule has 0 fully saturated rings. The highest BCUT2D eigenvalue weighted by Crippen LogP contribution is 1.72. The molecule has 6 nitrogen and oxygen atoms in total. The van der Waals surface area contributed by atoms with Crippen LogP contribution >= 0.6 is 0 Å². The first-order valence-electron chi connectivity index (χ1n) is 1.12. The number of hydrogen-bond acceptors (Lipinski definition) is 4. The summed E-state index contributed by atoms with van der Waals surface area (Å²) < 4.78 is 17.3. The van der Waals surface area contributed by atoms with Crippen molar-refractivity contribution in [3.63, 3.8) is 0 Å². The maximum Gasteiger partial charge on any atom is 0.492 e. The smallest absolute Gasteiger partial charge is 0.246 e. The second kappa shape index (κ2) is 1.43. The van der Waals surface area contributed by atoms with Crippen LogP contribution in [0.4, 0.5) is 0 Å². The van der Waals surface area contributed by atoms with Crippen molar-refractivity contribution in [3.8, 4) is 0 Å². The molecule has 0 aliphatic heterocycles. The molecule has 0 rings (SSSR count). The molecular formula is H2N2O4S. The molecule has 7 heteroatoms. The summed E-state index contributed by atoms with van der Waals surface area (Å²) in [7, 11) is -4.52. The van der Waals surface area contributed by atoms with E-state index in [2.05, 4.69) is 5.14 Å². The van der Waals surface area contributed by atoms with Crippen molar-refractivity contribution in [1.29, 1.82) is 0 Å². The fraction of sp³-hybridized carbons (Fsp3) is 0. The Morgan fingerprint density at radius 1 is 1.57 bits per heavy atom. The van der Waals surface area contributed by atoms with Crippen molar-refractivity contribution >= 4 is 10.2 Å². The van der Waals surface area contributed by atoms with Gasteiger partial charge in [-0.05, 0) is 0 Å². The molecule has 0 bridgehead atoms. The summed E-state index contributed by atoms with van der Waals surface area (Å²) >= 11 is 0. The highest BCUT2D eigenvalue weighted by Gasteiger charge is 2.13. The Hall–Kier alpha value is -0.690. The maximum atomic E-state index is 9.41. The van der Waals surface area contributed by atoms with Crippen molar-refractivity contribution in [2.45, 2.75) is 0 Å². The van der Waals surface area contributed by atoms with Gasteiger partial charge >= 0.3 is 10.2 Å². The van der Waals surface area contributed by atoms with Gasteiger partial charge in [-0.1, -0.05) is 0 Å². The third kappa shape index (κ3) is 2.06. The van der Waals surface area contributed by atoms with Gasteiger partial charge in [-0.15, -0.1) is 8.42 Å². The van der Waals surface area contributed by atoms with E-state index < -0.39 is 14.5 Å². The molecule has 0 spiro atoms. The van der Waals surface area contributed by atoms with Crippen molar-refractivity contribution in [2.75, 3.05) is 0 Å². The van der Waals surface area contributed by atoms with Crippen LogP contribution in [0.5, 0.6) is 0 Å². The summed E-state index contributed by atoms with van der Waals surface area (Å²) in [5.74, 6) is 0. The Morgan fingerprint density at radius 3 is 1.71 bits per heavy atom. The second-order valence-corrected chi connectivity index (χ2v) is 2.07. The normalized spacial score (nSPS) is 11.0. The minimum Gasteiger partial charge on any atom is -0.246 e. The Labute approximate surface area is 39.3 Å². The molecule has 0 saturated heterocycles. The first-order valence-corrected chi connectivity index (χ1v) is 2.62. The van der Waals surface area contributed by atoms with Crippen molar-refractivity contribution in [2.24, 2.45) is 5.14 Å². The van der Waals surface area contributed by atoms with Crippen LogP contribution in [-0.2, 0) is 10.2 Å². The number of rotatable bonds is 1. The first-order chi connectivity index (χ1) is 2.94. The van der Waals surface area contributed by atoms with Gasteiger partial charge in [0.1, 0.15) is 0 Å². The van der Waals surface area contributed by atoms with Crippen LogP contribution < -0.4 is 5.14 Å². The fourth-order valence-electron chi connectivity index (χ4n) is 0. The molecule has 0 aromatic heterocycles. The molecule has 42 valence electrons. The molecule has 7 heavy (non-hydrogen) atoms. The van der Waals surface area contributed by atoms with Crippen LogP contribution in [-0.4, -0.2) is 12.7 Å². The number of nitrogens with two attached hydrogens (primary N) is 1. The summed E-state index contributed by atoms with van der Waals surface area (Å²) in [6.45, 7) is 0. The predicted octanol–water partition coefficient (Wildman–Crippen LogP) is -1.53. The van der Waals surface area contributed by atoms with Gasteiger partial charge in [-0.3, -0.25) is 0 Å². The van der Waals surface area contributed by atoms with Gasteiger partial charge in [0.05, 0.1) is 0 Å². The molecular weight excluding hydrogens is 124 g/mol. The molecule has 0 radical (unpaired) electrons. The zero-order valence-electron chi connectivity index (χ0n) is 3.07. The minimum atomic E-state index is -4.52. The number of nitrogens with zero attached hydrogens (tertiary/aromatic N) is 1. The van der Waals surface area contributed by atoms with Crippen molar-refractivity contribution in [1.82, 2.24) is 0 Å². The van der Waals surface area contributed by atoms with E-state index in [1.807, 2.05) is 0 Å². The first kappa shape index (κ1) is 6.31. The lowest BCUT2D eigenvalue weighted by molar-refractivity contribution is -0.305. The SMILES string of the molecule is NS(=O)(=O)[N+](=O)[O-]. The van der Waals surface area contributed by atoms with Gasteiger partial charge < -0.3 is 0 Å². The van der Waals surface area contributed by atoms with Crippen LogP contribution in [0, 0.1) is 10.1 Å². The lowest BCUT2D eigenvalue weighted by Crippen LogP contribution is -2.21. The van der Waals surface area contributed by atoms with Gasteiger partial charge in [0, 0.05) is 0 Å². The monoisotopic (exact) mass is 126 g/mol. The van der Waals surface area contributed by atoms with Gasteiger partial charge in [-0.2, -0.15) is 5.14 Å². The molecule has 0 amide bonds. The summed E-state index contributed by atoms with van der Waals surface area (Å²) in [6, 6.07) is 0. The fourth-order valence-corrected chi connectivity index (χ4v) is 0. The van der Waals surface area contributed by atoms with E-state index in [0.29, 0.717) is 0 Å². The highest BCUT2D eigenvalue weighted by molar-refractivity contribution is 7.83. The molecule has 0 aromatic rings. The molecule has 0 aliphatic rings. The lowest BCUT2D eigenvalue weighted by Gasteiger charge is -1.78. The third-order valence-electron chi connectivity index (χ3n) is 0.208. The summed E-state index contributed by atoms with van der Waals surface area (Å²) in [6.07, 6.45) is 0. The molecule has 0 atom stereocenters. The van der Waals surface area contributed by atoms with E-state index >= 15 is 0 Å². The highest BCUT2D eigenvalue weighted by atomic mass is 32.2. The quantitative estimate of drug-likeness (QED) is 0.340. The topological polar surface area (TPSA) is 103 Å². The van der Waals surface area contributed by atoms with Crippen LogP contribution in [0.2, 0.25) is 0 Å². The Morgan fingerprint density at radius 2 is 1.71 bits per heavy atom.